The van der Waals surface area contributed by atoms with Crippen molar-refractivity contribution >= 4 is 23.3 Å². The average molecular weight is 432 g/mol. The number of nitrogens with zero attached hydrogens (tertiary/aromatic N) is 3. The van der Waals surface area contributed by atoms with Crippen LogP contribution in [0.15, 0.2) is 73.1 Å². The maximum absolute atomic E-state index is 13.2. The summed E-state index contributed by atoms with van der Waals surface area (Å²) < 4.78 is 13.2. The van der Waals surface area contributed by atoms with Crippen molar-refractivity contribution in [2.75, 3.05) is 23.4 Å². The molecule has 0 unspecified atom stereocenters. The lowest BCUT2D eigenvalue weighted by Gasteiger charge is -2.58. The van der Waals surface area contributed by atoms with Gasteiger partial charge in [-0.2, -0.15) is 0 Å². The molecule has 8 heteroatoms. The average Bonchev–Trinajstić information content (AvgIpc) is 2.81. The highest BCUT2D eigenvalue weighted by atomic mass is 19.1. The van der Waals surface area contributed by atoms with Gasteiger partial charge in [-0.3, -0.25) is 14.7 Å². The Morgan fingerprint density at radius 1 is 1.09 bits per heavy atom. The summed E-state index contributed by atoms with van der Waals surface area (Å²) in [6.45, 7) is 0.0977. The van der Waals surface area contributed by atoms with E-state index in [1.54, 1.807) is 28.1 Å². The Labute approximate surface area is 184 Å². The quantitative estimate of drug-likeness (QED) is 0.665. The third-order valence-corrected chi connectivity index (χ3v) is 6.17. The molecule has 0 aliphatic carbocycles. The van der Waals surface area contributed by atoms with Crippen LogP contribution in [0.5, 0.6) is 0 Å². The molecule has 3 heterocycles. The number of benzene rings is 2. The highest BCUT2D eigenvalue weighted by Crippen LogP contribution is 2.48. The number of pyridine rings is 1. The predicted molar refractivity (Wildman–Crippen MR) is 117 cm³/mol. The largest absolute Gasteiger partial charge is 0.394 e. The molecule has 2 aliphatic rings. The van der Waals surface area contributed by atoms with Crippen LogP contribution in [-0.2, 0) is 0 Å². The van der Waals surface area contributed by atoms with Gasteiger partial charge in [0.25, 0.3) is 5.91 Å². The fraction of sp³-hybridized carbons (Fsp3) is 0.208. The number of anilines is 2. The van der Waals surface area contributed by atoms with Crippen molar-refractivity contribution in [3.8, 4) is 0 Å². The van der Waals surface area contributed by atoms with Gasteiger partial charge in [0.05, 0.1) is 24.3 Å². The SMILES string of the molecule is O=C(Nc1ccc(F)cc1)N1C[C@@H]2[C@H](c3ccccc31)[C@@H](CO)N2C(=O)c1cccnc1. The summed E-state index contributed by atoms with van der Waals surface area (Å²) in [6, 6.07) is 15.4. The monoisotopic (exact) mass is 432 g/mol. The number of hydrogen-bond donors (Lipinski definition) is 2. The molecule has 1 fully saturated rings. The lowest BCUT2D eigenvalue weighted by atomic mass is 9.71. The van der Waals surface area contributed by atoms with E-state index in [4.69, 9.17) is 0 Å². The predicted octanol–water partition coefficient (Wildman–Crippen LogP) is 3.24. The number of amides is 3. The third kappa shape index (κ3) is 3.29. The number of aromatic nitrogens is 1. The van der Waals surface area contributed by atoms with Crippen molar-refractivity contribution < 1.29 is 19.1 Å². The minimum absolute atomic E-state index is 0.0771. The van der Waals surface area contributed by atoms with Crippen molar-refractivity contribution in [3.05, 3.63) is 90.0 Å². The van der Waals surface area contributed by atoms with Gasteiger partial charge < -0.3 is 15.3 Å². The lowest BCUT2D eigenvalue weighted by molar-refractivity contribution is -0.0241. The van der Waals surface area contributed by atoms with Gasteiger partial charge in [-0.1, -0.05) is 18.2 Å². The Bertz CT molecular complexity index is 1160. The van der Waals surface area contributed by atoms with E-state index in [1.807, 2.05) is 24.3 Å². The zero-order valence-corrected chi connectivity index (χ0v) is 17.1. The Kier molecular flexibility index (Phi) is 5.07. The van der Waals surface area contributed by atoms with Gasteiger partial charge in [0.15, 0.2) is 0 Å². The number of aliphatic hydroxyl groups is 1. The van der Waals surface area contributed by atoms with E-state index >= 15 is 0 Å². The first kappa shape index (κ1) is 20.1. The summed E-state index contributed by atoms with van der Waals surface area (Å²) in [5, 5.41) is 12.9. The van der Waals surface area contributed by atoms with Crippen molar-refractivity contribution in [1.29, 1.82) is 0 Å². The molecule has 1 saturated heterocycles. The second-order valence-corrected chi connectivity index (χ2v) is 7.90. The number of carbonyl (C=O) groups excluding carboxylic acids is 2. The Balaban J connectivity index is 1.46. The van der Waals surface area contributed by atoms with Gasteiger partial charge in [-0.05, 0) is 48.0 Å². The van der Waals surface area contributed by atoms with Crippen molar-refractivity contribution in [1.82, 2.24) is 9.88 Å². The molecule has 0 bridgehead atoms. The molecule has 32 heavy (non-hydrogen) atoms. The number of rotatable bonds is 3. The molecular formula is C24H21FN4O3. The number of urea groups is 1. The number of para-hydroxylation sites is 1. The van der Waals surface area contributed by atoms with E-state index in [2.05, 4.69) is 10.3 Å². The topological polar surface area (TPSA) is 85.8 Å². The van der Waals surface area contributed by atoms with E-state index < -0.39 is 0 Å². The van der Waals surface area contributed by atoms with E-state index in [0.717, 1.165) is 11.3 Å². The standard InChI is InChI=1S/C24H21FN4O3/c25-16-7-9-17(10-8-16)27-24(32)28-13-20-22(18-5-1-2-6-19(18)28)21(14-30)29(20)23(31)15-4-3-11-26-12-15/h1-12,20-22,30H,13-14H2,(H,27,32)/t20-,21-,22+/m1/s1. The van der Waals surface area contributed by atoms with Gasteiger partial charge in [-0.15, -0.1) is 0 Å². The Morgan fingerprint density at radius 2 is 1.88 bits per heavy atom. The summed E-state index contributed by atoms with van der Waals surface area (Å²) >= 11 is 0. The fourth-order valence-electron chi connectivity index (χ4n) is 4.72. The third-order valence-electron chi connectivity index (χ3n) is 6.17. The zero-order valence-electron chi connectivity index (χ0n) is 17.1. The molecular weight excluding hydrogens is 411 g/mol. The minimum Gasteiger partial charge on any atom is -0.394 e. The first-order valence-corrected chi connectivity index (χ1v) is 10.3. The number of nitrogens with one attached hydrogen (secondary N) is 1. The van der Waals surface area contributed by atoms with Crippen LogP contribution < -0.4 is 10.2 Å². The van der Waals surface area contributed by atoms with Crippen LogP contribution >= 0.6 is 0 Å². The maximum atomic E-state index is 13.2. The minimum atomic E-state index is -0.386. The zero-order chi connectivity index (χ0) is 22.2. The molecule has 3 amide bonds. The van der Waals surface area contributed by atoms with Crippen molar-refractivity contribution in [2.24, 2.45) is 0 Å². The Morgan fingerprint density at radius 3 is 2.59 bits per heavy atom. The van der Waals surface area contributed by atoms with Crippen LogP contribution in [0.3, 0.4) is 0 Å². The van der Waals surface area contributed by atoms with Crippen LogP contribution in [0.1, 0.15) is 21.8 Å². The van der Waals surface area contributed by atoms with Gasteiger partial charge in [0, 0.05) is 36.2 Å². The summed E-state index contributed by atoms with van der Waals surface area (Å²) in [7, 11) is 0. The lowest BCUT2D eigenvalue weighted by Crippen LogP contribution is -2.71. The second kappa shape index (κ2) is 8.05. The van der Waals surface area contributed by atoms with Crippen LogP contribution in [0.2, 0.25) is 0 Å². The molecule has 2 N–H and O–H groups in total. The number of fused-ring (bicyclic) bond motifs is 3. The van der Waals surface area contributed by atoms with Crippen LogP contribution in [0.4, 0.5) is 20.6 Å². The first-order valence-electron chi connectivity index (χ1n) is 10.3. The highest BCUT2D eigenvalue weighted by molar-refractivity contribution is 6.03. The number of hydrogen-bond acceptors (Lipinski definition) is 4. The number of aliphatic hydroxyl groups excluding tert-OH is 1. The van der Waals surface area contributed by atoms with Gasteiger partial charge >= 0.3 is 6.03 Å². The molecule has 1 aromatic heterocycles. The Hall–Kier alpha value is -3.78. The highest BCUT2D eigenvalue weighted by Gasteiger charge is 2.55. The molecule has 2 aromatic carbocycles. The summed E-state index contributed by atoms with van der Waals surface area (Å²) in [5.41, 5.74) is 2.55. The van der Waals surface area contributed by atoms with Crippen LogP contribution in [0.25, 0.3) is 0 Å². The molecule has 7 nitrogen and oxygen atoms in total. The molecule has 5 rings (SSSR count). The van der Waals surface area contributed by atoms with Crippen molar-refractivity contribution in [2.45, 2.75) is 18.0 Å². The van der Waals surface area contributed by atoms with Crippen LogP contribution in [-0.4, -0.2) is 52.2 Å². The molecule has 0 saturated carbocycles. The second-order valence-electron chi connectivity index (χ2n) is 7.90. The maximum Gasteiger partial charge on any atom is 0.326 e. The van der Waals surface area contributed by atoms with Gasteiger partial charge in [-0.25, -0.2) is 9.18 Å². The van der Waals surface area contributed by atoms with E-state index in [1.165, 1.54) is 30.5 Å². The normalized spacial score (nSPS) is 21.2. The van der Waals surface area contributed by atoms with E-state index in [0.29, 0.717) is 11.3 Å². The molecule has 2 aliphatic heterocycles. The number of halogens is 1. The van der Waals surface area contributed by atoms with E-state index in [-0.39, 0.29) is 48.9 Å². The smallest absolute Gasteiger partial charge is 0.326 e. The molecule has 0 radical (unpaired) electrons. The van der Waals surface area contributed by atoms with Gasteiger partial charge in [0.1, 0.15) is 5.82 Å². The number of likely N-dealkylation sites (tertiary alicyclic amines) is 1. The van der Waals surface area contributed by atoms with Crippen molar-refractivity contribution in [3.63, 3.8) is 0 Å². The number of carbonyl (C=O) groups is 2. The fourth-order valence-corrected chi connectivity index (χ4v) is 4.72. The first-order chi connectivity index (χ1) is 15.6. The summed E-state index contributed by atoms with van der Waals surface area (Å²) in [5.74, 6) is -0.688. The molecule has 3 atom stereocenters. The van der Waals surface area contributed by atoms with E-state index in [9.17, 15) is 19.1 Å². The molecule has 3 aromatic rings. The summed E-state index contributed by atoms with van der Waals surface area (Å²) in [6.07, 6.45) is 3.09. The molecule has 162 valence electrons. The summed E-state index contributed by atoms with van der Waals surface area (Å²) in [4.78, 5) is 33.6. The van der Waals surface area contributed by atoms with Gasteiger partial charge in [0.2, 0.25) is 0 Å². The van der Waals surface area contributed by atoms with Crippen LogP contribution in [0, 0.1) is 5.82 Å². The molecule has 0 spiro atoms.